The Morgan fingerprint density at radius 1 is 1.33 bits per heavy atom. The van der Waals surface area contributed by atoms with Crippen LogP contribution in [0.25, 0.3) is 0 Å². The number of hydrogen-bond donors (Lipinski definition) is 0. The number of carbonyl (C=O) groups excluding carboxylic acids is 1. The van der Waals surface area contributed by atoms with E-state index in [1.54, 1.807) is 4.90 Å². The molecule has 0 radical (unpaired) electrons. The third-order valence-electron chi connectivity index (χ3n) is 2.70. The third kappa shape index (κ3) is 5.91. The Morgan fingerprint density at radius 2 is 1.83 bits per heavy atom. The molecule has 0 aromatic rings. The number of carbonyl (C=O) groups is 1. The first kappa shape index (κ1) is 15.6. The van der Waals surface area contributed by atoms with Crippen LogP contribution in [0.5, 0.6) is 0 Å². The average Bonchev–Trinajstić information content (AvgIpc) is 2.13. The van der Waals surface area contributed by atoms with E-state index in [1.807, 2.05) is 20.8 Å². The van der Waals surface area contributed by atoms with Gasteiger partial charge >= 0.3 is 6.09 Å². The Bertz CT molecular complexity index is 394. The number of nitrogens with zero attached hydrogens (tertiary/aromatic N) is 1. The van der Waals surface area contributed by atoms with Crippen LogP contribution in [-0.2, 0) is 13.8 Å². The highest BCUT2D eigenvalue weighted by atomic mass is 35.7. The fourth-order valence-corrected chi connectivity index (χ4v) is 3.32. The maximum absolute atomic E-state index is 11.8. The summed E-state index contributed by atoms with van der Waals surface area (Å²) in [6.45, 7) is 6.49. The lowest BCUT2D eigenvalue weighted by molar-refractivity contribution is 0.0191. The Morgan fingerprint density at radius 3 is 2.22 bits per heavy atom. The zero-order valence-corrected chi connectivity index (χ0v) is 12.6. The van der Waals surface area contributed by atoms with Gasteiger partial charge in [0.05, 0.1) is 5.75 Å². The molecule has 0 atom stereocenters. The SMILES string of the molecule is CC(C)(C)OC(=O)N1CCC(CS(=O)(=O)Cl)CC1. The highest BCUT2D eigenvalue weighted by Gasteiger charge is 2.28. The molecule has 0 N–H and O–H groups in total. The summed E-state index contributed by atoms with van der Waals surface area (Å²) in [4.78, 5) is 13.4. The minimum Gasteiger partial charge on any atom is -0.444 e. The van der Waals surface area contributed by atoms with Gasteiger partial charge in [0.1, 0.15) is 5.60 Å². The topological polar surface area (TPSA) is 63.7 Å². The number of rotatable bonds is 2. The molecule has 7 heteroatoms. The molecule has 5 nitrogen and oxygen atoms in total. The molecule has 0 saturated carbocycles. The van der Waals surface area contributed by atoms with Crippen LogP contribution in [0, 0.1) is 5.92 Å². The summed E-state index contributed by atoms with van der Waals surface area (Å²) < 4.78 is 27.2. The lowest BCUT2D eigenvalue weighted by atomic mass is 9.99. The molecule has 0 bridgehead atoms. The number of amides is 1. The molecular formula is C11H20ClNO4S. The first-order chi connectivity index (χ1) is 8.07. The van der Waals surface area contributed by atoms with E-state index in [0.29, 0.717) is 25.9 Å². The van der Waals surface area contributed by atoms with Crippen molar-refractivity contribution in [1.82, 2.24) is 4.90 Å². The van der Waals surface area contributed by atoms with Crippen LogP contribution in [0.2, 0.25) is 0 Å². The summed E-state index contributed by atoms with van der Waals surface area (Å²) in [7, 11) is 1.77. The highest BCUT2D eigenvalue weighted by Crippen LogP contribution is 2.21. The van der Waals surface area contributed by atoms with Gasteiger partial charge in [0, 0.05) is 23.8 Å². The van der Waals surface area contributed by atoms with Crippen molar-refractivity contribution in [3.8, 4) is 0 Å². The standard InChI is InChI=1S/C11H20ClNO4S/c1-11(2,3)17-10(14)13-6-4-9(5-7-13)8-18(12,15)16/h9H,4-8H2,1-3H3. The zero-order chi connectivity index (χ0) is 14.0. The second-order valence-corrected chi connectivity index (χ2v) is 8.44. The molecule has 18 heavy (non-hydrogen) atoms. The second-order valence-electron chi connectivity index (χ2n) is 5.62. The number of hydrogen-bond acceptors (Lipinski definition) is 4. The Hall–Kier alpha value is -0.490. The summed E-state index contributed by atoms with van der Waals surface area (Å²) >= 11 is 0. The van der Waals surface area contributed by atoms with E-state index in [0.717, 1.165) is 0 Å². The van der Waals surface area contributed by atoms with Gasteiger partial charge in [-0.3, -0.25) is 0 Å². The van der Waals surface area contributed by atoms with Crippen molar-refractivity contribution >= 4 is 25.8 Å². The Kier molecular flexibility index (Phi) is 4.89. The first-order valence-corrected chi connectivity index (χ1v) is 8.45. The van der Waals surface area contributed by atoms with Crippen molar-refractivity contribution < 1.29 is 17.9 Å². The van der Waals surface area contributed by atoms with Crippen molar-refractivity contribution in [1.29, 1.82) is 0 Å². The third-order valence-corrected chi connectivity index (χ3v) is 3.95. The molecule has 1 fully saturated rings. The summed E-state index contributed by atoms with van der Waals surface area (Å²) in [5, 5.41) is 0. The van der Waals surface area contributed by atoms with Crippen LogP contribution in [0.3, 0.4) is 0 Å². The molecule has 0 unspecified atom stereocenters. The van der Waals surface area contributed by atoms with E-state index in [9.17, 15) is 13.2 Å². The number of piperidine rings is 1. The largest absolute Gasteiger partial charge is 0.444 e. The second kappa shape index (κ2) is 5.65. The Labute approximate surface area is 113 Å². The number of ether oxygens (including phenoxy) is 1. The Balaban J connectivity index is 2.42. The monoisotopic (exact) mass is 297 g/mol. The lowest BCUT2D eigenvalue weighted by Gasteiger charge is -2.33. The molecule has 0 aromatic heterocycles. The smallest absolute Gasteiger partial charge is 0.410 e. The first-order valence-electron chi connectivity index (χ1n) is 5.97. The quantitative estimate of drug-likeness (QED) is 0.733. The van der Waals surface area contributed by atoms with E-state index in [4.69, 9.17) is 15.4 Å². The zero-order valence-electron chi connectivity index (χ0n) is 11.0. The van der Waals surface area contributed by atoms with Gasteiger partial charge in [0.2, 0.25) is 9.05 Å². The van der Waals surface area contributed by atoms with E-state index in [2.05, 4.69) is 0 Å². The van der Waals surface area contributed by atoms with Crippen molar-refractivity contribution in [2.45, 2.75) is 39.2 Å². The predicted octanol–water partition coefficient (Wildman–Crippen LogP) is 2.20. The summed E-state index contributed by atoms with van der Waals surface area (Å²) in [5.41, 5.74) is -0.507. The molecule has 0 aliphatic carbocycles. The molecule has 1 rings (SSSR count). The molecule has 1 saturated heterocycles. The van der Waals surface area contributed by atoms with Gasteiger partial charge in [-0.25, -0.2) is 13.2 Å². The van der Waals surface area contributed by atoms with Crippen LogP contribution in [0.4, 0.5) is 4.79 Å². The van der Waals surface area contributed by atoms with Gasteiger partial charge in [0.15, 0.2) is 0 Å². The maximum Gasteiger partial charge on any atom is 0.410 e. The molecule has 0 spiro atoms. The summed E-state index contributed by atoms with van der Waals surface area (Å²) in [6.07, 6.45) is 0.950. The molecule has 1 heterocycles. The molecule has 1 amide bonds. The van der Waals surface area contributed by atoms with Crippen molar-refractivity contribution in [2.75, 3.05) is 18.8 Å². The number of halogens is 1. The highest BCUT2D eigenvalue weighted by molar-refractivity contribution is 8.13. The van der Waals surface area contributed by atoms with Gasteiger partial charge < -0.3 is 9.64 Å². The molecule has 0 aromatic carbocycles. The normalized spacial score (nSPS) is 18.8. The van der Waals surface area contributed by atoms with Crippen LogP contribution in [-0.4, -0.2) is 43.9 Å². The van der Waals surface area contributed by atoms with Crippen LogP contribution in [0.15, 0.2) is 0 Å². The molecule has 106 valence electrons. The van der Waals surface area contributed by atoms with Gasteiger partial charge in [0.25, 0.3) is 0 Å². The summed E-state index contributed by atoms with van der Waals surface area (Å²) in [6, 6.07) is 0. The van der Waals surface area contributed by atoms with Gasteiger partial charge in [-0.1, -0.05) is 0 Å². The van der Waals surface area contributed by atoms with E-state index < -0.39 is 14.7 Å². The average molecular weight is 298 g/mol. The maximum atomic E-state index is 11.8. The fraction of sp³-hybridized carbons (Fsp3) is 0.909. The van der Waals surface area contributed by atoms with E-state index >= 15 is 0 Å². The minimum absolute atomic E-state index is 0.0171. The summed E-state index contributed by atoms with van der Waals surface area (Å²) in [5.74, 6) is 0.0164. The van der Waals surface area contributed by atoms with E-state index in [-0.39, 0.29) is 17.8 Å². The van der Waals surface area contributed by atoms with Gasteiger partial charge in [-0.15, -0.1) is 0 Å². The van der Waals surface area contributed by atoms with Crippen LogP contribution in [0.1, 0.15) is 33.6 Å². The van der Waals surface area contributed by atoms with Crippen LogP contribution < -0.4 is 0 Å². The van der Waals surface area contributed by atoms with Gasteiger partial charge in [-0.2, -0.15) is 0 Å². The van der Waals surface area contributed by atoms with Crippen molar-refractivity contribution in [2.24, 2.45) is 5.92 Å². The van der Waals surface area contributed by atoms with E-state index in [1.165, 1.54) is 0 Å². The predicted molar refractivity (Wildman–Crippen MR) is 70.2 cm³/mol. The lowest BCUT2D eigenvalue weighted by Crippen LogP contribution is -2.42. The molecule has 1 aliphatic heterocycles. The fourth-order valence-electron chi connectivity index (χ4n) is 1.89. The van der Waals surface area contributed by atoms with Crippen molar-refractivity contribution in [3.63, 3.8) is 0 Å². The molecular weight excluding hydrogens is 278 g/mol. The van der Waals surface area contributed by atoms with Crippen molar-refractivity contribution in [3.05, 3.63) is 0 Å². The van der Waals surface area contributed by atoms with Crippen LogP contribution >= 0.6 is 10.7 Å². The molecule has 1 aliphatic rings. The van der Waals surface area contributed by atoms with Gasteiger partial charge in [-0.05, 0) is 39.5 Å². The number of likely N-dealkylation sites (tertiary alicyclic amines) is 1. The minimum atomic E-state index is -3.45.